The van der Waals surface area contributed by atoms with E-state index in [1.165, 1.54) is 11.3 Å². The summed E-state index contributed by atoms with van der Waals surface area (Å²) in [5.74, 6) is 0.307. The van der Waals surface area contributed by atoms with Crippen LogP contribution >= 0.6 is 27.3 Å². The Morgan fingerprint density at radius 1 is 1.03 bits per heavy atom. The minimum atomic E-state index is -1.29. The number of aliphatic carboxylic acids is 1. The standard InChI is InChI=1S/C22H23BrN2O5S/c1-29-16-7-3-14(4-8-16)11-25(12-15-5-9-17(30-2)10-6-15)19(22(27)28)20(26)21-24-18(23)13-31-21/h3-10,13,19-20,26H,11-12H2,1-2H3,(H,27,28). The smallest absolute Gasteiger partial charge is 0.324 e. The molecule has 3 aromatic rings. The maximum atomic E-state index is 12.3. The minimum Gasteiger partial charge on any atom is -0.497 e. The van der Waals surface area contributed by atoms with Crippen molar-refractivity contribution >= 4 is 33.2 Å². The number of hydrogen-bond acceptors (Lipinski definition) is 7. The van der Waals surface area contributed by atoms with Crippen molar-refractivity contribution in [3.05, 3.63) is 74.6 Å². The molecule has 0 saturated heterocycles. The maximum absolute atomic E-state index is 12.3. The molecule has 0 saturated carbocycles. The van der Waals surface area contributed by atoms with Gasteiger partial charge in [0.25, 0.3) is 0 Å². The third-order valence-electron chi connectivity index (χ3n) is 4.78. The zero-order chi connectivity index (χ0) is 22.4. The fraction of sp³-hybridized carbons (Fsp3) is 0.273. The molecule has 31 heavy (non-hydrogen) atoms. The van der Waals surface area contributed by atoms with Gasteiger partial charge in [0.15, 0.2) is 0 Å². The number of aliphatic hydroxyl groups is 1. The predicted octanol–water partition coefficient (Wildman–Crippen LogP) is 4.11. The average Bonchev–Trinajstić information content (AvgIpc) is 3.21. The van der Waals surface area contributed by atoms with Crippen molar-refractivity contribution in [2.45, 2.75) is 25.2 Å². The fourth-order valence-corrected chi connectivity index (χ4v) is 4.49. The van der Waals surface area contributed by atoms with Crippen LogP contribution in [0.2, 0.25) is 0 Å². The average molecular weight is 507 g/mol. The largest absolute Gasteiger partial charge is 0.497 e. The van der Waals surface area contributed by atoms with Gasteiger partial charge < -0.3 is 19.7 Å². The zero-order valence-electron chi connectivity index (χ0n) is 17.1. The first-order valence-electron chi connectivity index (χ1n) is 9.43. The summed E-state index contributed by atoms with van der Waals surface area (Å²) in [6.07, 6.45) is -1.29. The lowest BCUT2D eigenvalue weighted by molar-refractivity contribution is -0.149. The monoisotopic (exact) mass is 506 g/mol. The van der Waals surface area contributed by atoms with E-state index < -0.39 is 18.1 Å². The first-order chi connectivity index (χ1) is 14.9. The molecule has 0 aliphatic rings. The topological polar surface area (TPSA) is 92.1 Å². The van der Waals surface area contributed by atoms with Crippen LogP contribution in [0, 0.1) is 0 Å². The van der Waals surface area contributed by atoms with Crippen molar-refractivity contribution in [2.75, 3.05) is 14.2 Å². The molecule has 2 atom stereocenters. The molecule has 2 unspecified atom stereocenters. The van der Waals surface area contributed by atoms with Crippen LogP contribution in [-0.4, -0.2) is 46.3 Å². The highest BCUT2D eigenvalue weighted by Gasteiger charge is 2.35. The highest BCUT2D eigenvalue weighted by atomic mass is 79.9. The Bertz CT molecular complexity index is 944. The molecule has 0 aliphatic carbocycles. The Morgan fingerprint density at radius 2 is 1.52 bits per heavy atom. The normalized spacial score (nSPS) is 13.1. The van der Waals surface area contributed by atoms with Crippen LogP contribution < -0.4 is 9.47 Å². The number of methoxy groups -OCH3 is 2. The third-order valence-corrected chi connectivity index (χ3v) is 6.41. The summed E-state index contributed by atoms with van der Waals surface area (Å²) in [5, 5.41) is 23.0. The number of thiazole rings is 1. The Kier molecular flexibility index (Phi) is 8.03. The van der Waals surface area contributed by atoms with Gasteiger partial charge >= 0.3 is 5.97 Å². The van der Waals surface area contributed by atoms with Gasteiger partial charge in [0.2, 0.25) is 0 Å². The number of benzene rings is 2. The van der Waals surface area contributed by atoms with Gasteiger partial charge in [-0.1, -0.05) is 24.3 Å². The second kappa shape index (κ2) is 10.7. The number of ether oxygens (including phenoxy) is 2. The first kappa shape index (κ1) is 23.2. The number of nitrogens with zero attached hydrogens (tertiary/aromatic N) is 2. The summed E-state index contributed by atoms with van der Waals surface area (Å²) < 4.78 is 11.0. The van der Waals surface area contributed by atoms with Crippen LogP contribution in [0.3, 0.4) is 0 Å². The van der Waals surface area contributed by atoms with Crippen LogP contribution in [-0.2, 0) is 17.9 Å². The lowest BCUT2D eigenvalue weighted by Gasteiger charge is -2.31. The van der Waals surface area contributed by atoms with Gasteiger partial charge in [0, 0.05) is 18.5 Å². The number of halogens is 1. The summed E-state index contributed by atoms with van der Waals surface area (Å²) in [5.41, 5.74) is 1.79. The molecule has 9 heteroatoms. The molecule has 1 heterocycles. The lowest BCUT2D eigenvalue weighted by atomic mass is 10.1. The summed E-state index contributed by atoms with van der Waals surface area (Å²) in [4.78, 5) is 18.2. The van der Waals surface area contributed by atoms with Crippen LogP contribution in [0.1, 0.15) is 22.2 Å². The summed E-state index contributed by atoms with van der Waals surface area (Å²) in [7, 11) is 3.18. The number of hydrogen-bond donors (Lipinski definition) is 2. The van der Waals surface area contributed by atoms with Gasteiger partial charge in [-0.25, -0.2) is 4.98 Å². The van der Waals surface area contributed by atoms with E-state index in [2.05, 4.69) is 20.9 Å². The van der Waals surface area contributed by atoms with Crippen LogP contribution in [0.25, 0.3) is 0 Å². The lowest BCUT2D eigenvalue weighted by Crippen LogP contribution is -2.44. The van der Waals surface area contributed by atoms with Crippen molar-refractivity contribution in [3.63, 3.8) is 0 Å². The molecule has 1 aromatic heterocycles. The SMILES string of the molecule is COc1ccc(CN(Cc2ccc(OC)cc2)C(C(=O)O)C(O)c2nc(Br)cs2)cc1. The van der Waals surface area contributed by atoms with E-state index in [1.807, 2.05) is 48.5 Å². The third kappa shape index (κ3) is 6.04. The molecule has 7 nitrogen and oxygen atoms in total. The van der Waals surface area contributed by atoms with Crippen molar-refractivity contribution in [1.29, 1.82) is 0 Å². The number of carboxylic acid groups (broad SMARTS) is 1. The molecule has 0 radical (unpaired) electrons. The summed E-state index contributed by atoms with van der Waals surface area (Å²) in [6, 6.07) is 13.6. The Balaban J connectivity index is 1.92. The van der Waals surface area contributed by atoms with Crippen molar-refractivity contribution in [3.8, 4) is 11.5 Å². The van der Waals surface area contributed by atoms with Gasteiger partial charge in [-0.15, -0.1) is 11.3 Å². The second-order valence-electron chi connectivity index (χ2n) is 6.84. The molecule has 0 fully saturated rings. The molecule has 0 bridgehead atoms. The Morgan fingerprint density at radius 3 is 1.87 bits per heavy atom. The Hall–Kier alpha value is -2.46. The van der Waals surface area contributed by atoms with Gasteiger partial charge in [0.1, 0.15) is 33.3 Å². The van der Waals surface area contributed by atoms with E-state index >= 15 is 0 Å². The van der Waals surface area contributed by atoms with E-state index in [1.54, 1.807) is 24.5 Å². The number of carbonyl (C=O) groups is 1. The van der Waals surface area contributed by atoms with Gasteiger partial charge in [-0.2, -0.15) is 0 Å². The molecular formula is C22H23BrN2O5S. The highest BCUT2D eigenvalue weighted by Crippen LogP contribution is 2.29. The van der Waals surface area contributed by atoms with E-state index in [0.29, 0.717) is 34.2 Å². The zero-order valence-corrected chi connectivity index (χ0v) is 19.5. The number of carboxylic acids is 1. The van der Waals surface area contributed by atoms with Gasteiger partial charge in [0.05, 0.1) is 14.2 Å². The summed E-state index contributed by atoms with van der Waals surface area (Å²) in [6.45, 7) is 0.632. The van der Waals surface area contributed by atoms with E-state index in [-0.39, 0.29) is 0 Å². The van der Waals surface area contributed by atoms with Crippen LogP contribution in [0.5, 0.6) is 11.5 Å². The molecule has 0 aliphatic heterocycles. The van der Waals surface area contributed by atoms with Crippen molar-refractivity contribution in [2.24, 2.45) is 0 Å². The van der Waals surface area contributed by atoms with Crippen LogP contribution in [0.4, 0.5) is 0 Å². The van der Waals surface area contributed by atoms with E-state index in [4.69, 9.17) is 9.47 Å². The minimum absolute atomic E-state index is 0.316. The fourth-order valence-electron chi connectivity index (χ4n) is 3.21. The number of rotatable bonds is 10. The molecule has 2 aromatic carbocycles. The molecule has 3 rings (SSSR count). The van der Waals surface area contributed by atoms with Crippen molar-refractivity contribution in [1.82, 2.24) is 9.88 Å². The predicted molar refractivity (Wildman–Crippen MR) is 121 cm³/mol. The van der Waals surface area contributed by atoms with Crippen molar-refractivity contribution < 1.29 is 24.5 Å². The molecule has 2 N–H and O–H groups in total. The van der Waals surface area contributed by atoms with E-state index in [9.17, 15) is 15.0 Å². The van der Waals surface area contributed by atoms with Gasteiger partial charge in [-0.05, 0) is 51.3 Å². The maximum Gasteiger partial charge on any atom is 0.324 e. The van der Waals surface area contributed by atoms with Crippen LogP contribution in [0.15, 0.2) is 58.5 Å². The van der Waals surface area contributed by atoms with Gasteiger partial charge in [-0.3, -0.25) is 9.69 Å². The number of aromatic nitrogens is 1. The first-order valence-corrected chi connectivity index (χ1v) is 11.1. The Labute approximate surface area is 193 Å². The summed E-state index contributed by atoms with van der Waals surface area (Å²) >= 11 is 4.47. The molecule has 164 valence electrons. The highest BCUT2D eigenvalue weighted by molar-refractivity contribution is 9.10. The van der Waals surface area contributed by atoms with E-state index in [0.717, 1.165) is 11.1 Å². The molecule has 0 spiro atoms. The second-order valence-corrected chi connectivity index (χ2v) is 8.54. The molecule has 0 amide bonds. The number of aliphatic hydroxyl groups excluding tert-OH is 1. The molecular weight excluding hydrogens is 484 g/mol. The quantitative estimate of drug-likeness (QED) is 0.427.